The van der Waals surface area contributed by atoms with Crippen molar-refractivity contribution in [3.8, 4) is 17.2 Å². The molecular formula is C30H35NO8. The topological polar surface area (TPSA) is 127 Å². The number of aryl methyl sites for hydroxylation is 1. The number of allylic oxidation sites excluding steroid dienone is 2. The highest BCUT2D eigenvalue weighted by Crippen LogP contribution is 2.37. The Morgan fingerprint density at radius 3 is 2.59 bits per heavy atom. The van der Waals surface area contributed by atoms with Crippen LogP contribution in [0, 0.1) is 6.92 Å². The lowest BCUT2D eigenvalue weighted by Gasteiger charge is -2.41. The minimum absolute atomic E-state index is 0.0517. The van der Waals surface area contributed by atoms with E-state index in [4.69, 9.17) is 18.6 Å². The van der Waals surface area contributed by atoms with Gasteiger partial charge in [-0.1, -0.05) is 11.6 Å². The molecule has 1 saturated heterocycles. The number of methoxy groups -OCH3 is 1. The number of nitrogens with one attached hydrogen (secondary N) is 1. The lowest BCUT2D eigenvalue weighted by molar-refractivity contribution is -0.233. The zero-order valence-electron chi connectivity index (χ0n) is 23.1. The molecule has 1 aromatic heterocycles. The number of ether oxygens (including phenoxy) is 3. The molecule has 1 aliphatic rings. The highest BCUT2D eigenvalue weighted by Gasteiger charge is 2.39. The molecule has 0 radical (unpaired) electrons. The molecule has 2 heterocycles. The predicted octanol–water partition coefficient (Wildman–Crippen LogP) is 5.58. The van der Waals surface area contributed by atoms with Crippen LogP contribution < -0.4 is 15.7 Å². The fourth-order valence-corrected chi connectivity index (χ4v) is 4.73. The largest absolute Gasteiger partial charge is 0.508 e. The van der Waals surface area contributed by atoms with Gasteiger partial charge in [-0.15, -0.1) is 0 Å². The Morgan fingerprint density at radius 2 is 1.92 bits per heavy atom. The maximum Gasteiger partial charge on any atom is 0.364 e. The Labute approximate surface area is 227 Å². The molecule has 2 atom stereocenters. The quantitative estimate of drug-likeness (QED) is 0.263. The first-order valence-electron chi connectivity index (χ1n) is 12.8. The molecular weight excluding hydrogens is 502 g/mol. The number of phenolic OH excluding ortho intramolecular Hbond substituents is 1. The second-order valence-electron chi connectivity index (χ2n) is 10.5. The molecule has 1 fully saturated rings. The van der Waals surface area contributed by atoms with Crippen LogP contribution in [0.15, 0.2) is 51.2 Å². The number of rotatable bonds is 7. The van der Waals surface area contributed by atoms with Crippen molar-refractivity contribution < 1.29 is 33.6 Å². The third-order valence-electron chi connectivity index (χ3n) is 6.98. The van der Waals surface area contributed by atoms with E-state index in [0.29, 0.717) is 29.7 Å². The standard InChI is InChI=1S/C30H35NO8/c1-16(2)7-8-18-15-19(9-11-21(18)32)28(34)31-25-26(33)20-10-12-22(17(3)27(20)38-29(25)35)37-24-14-13-23(36-6)30(4,5)39-24/h7,9-12,15,23-24,32-33H,8,13-14H2,1-6H3,(H,31,34)/t23-,24-/m1/s1. The fourth-order valence-electron chi connectivity index (χ4n) is 4.73. The van der Waals surface area contributed by atoms with Gasteiger partial charge in [0.05, 0.1) is 17.1 Å². The van der Waals surface area contributed by atoms with Gasteiger partial charge >= 0.3 is 5.63 Å². The number of aromatic hydroxyl groups is 2. The molecule has 0 bridgehead atoms. The number of carbonyl (C=O) groups excluding carboxylic acids is 1. The fraction of sp³-hybridized carbons (Fsp3) is 0.400. The van der Waals surface area contributed by atoms with Gasteiger partial charge in [-0.25, -0.2) is 4.79 Å². The molecule has 0 unspecified atom stereocenters. The number of hydrogen-bond donors (Lipinski definition) is 3. The van der Waals surface area contributed by atoms with Gasteiger partial charge in [-0.05, 0) is 83.4 Å². The number of anilines is 1. The van der Waals surface area contributed by atoms with Crippen LogP contribution in [0.1, 0.15) is 62.0 Å². The van der Waals surface area contributed by atoms with Crippen molar-refractivity contribution in [3.05, 3.63) is 69.1 Å². The summed E-state index contributed by atoms with van der Waals surface area (Å²) in [5, 5.41) is 23.8. The lowest BCUT2D eigenvalue weighted by atomic mass is 9.94. The van der Waals surface area contributed by atoms with E-state index in [1.54, 1.807) is 32.2 Å². The van der Waals surface area contributed by atoms with Gasteiger partial charge in [0.2, 0.25) is 6.29 Å². The normalized spacial score (nSPS) is 18.5. The van der Waals surface area contributed by atoms with Crippen LogP contribution in [0.5, 0.6) is 17.2 Å². The van der Waals surface area contributed by atoms with Crippen LogP contribution in [0.25, 0.3) is 11.0 Å². The van der Waals surface area contributed by atoms with Crippen molar-refractivity contribution in [1.29, 1.82) is 0 Å². The molecule has 3 aromatic rings. The van der Waals surface area contributed by atoms with Crippen molar-refractivity contribution in [2.24, 2.45) is 0 Å². The Balaban J connectivity index is 1.59. The minimum Gasteiger partial charge on any atom is -0.508 e. The number of phenols is 1. The van der Waals surface area contributed by atoms with E-state index in [0.717, 1.165) is 12.0 Å². The summed E-state index contributed by atoms with van der Waals surface area (Å²) in [6, 6.07) is 7.63. The Hall–Kier alpha value is -3.82. The third kappa shape index (κ3) is 5.94. The van der Waals surface area contributed by atoms with Crippen LogP contribution in [0.3, 0.4) is 0 Å². The smallest absolute Gasteiger partial charge is 0.364 e. The van der Waals surface area contributed by atoms with Gasteiger partial charge in [0.15, 0.2) is 11.4 Å². The van der Waals surface area contributed by atoms with E-state index in [1.807, 2.05) is 33.8 Å². The highest BCUT2D eigenvalue weighted by molar-refractivity contribution is 6.06. The molecule has 9 nitrogen and oxygen atoms in total. The first kappa shape index (κ1) is 28.2. The van der Waals surface area contributed by atoms with Gasteiger partial charge in [-0.2, -0.15) is 0 Å². The van der Waals surface area contributed by atoms with Crippen molar-refractivity contribution >= 4 is 22.6 Å². The van der Waals surface area contributed by atoms with Crippen LogP contribution in [-0.4, -0.2) is 41.2 Å². The number of carbonyl (C=O) groups is 1. The average molecular weight is 538 g/mol. The average Bonchev–Trinajstić information content (AvgIpc) is 2.87. The summed E-state index contributed by atoms with van der Waals surface area (Å²) in [7, 11) is 1.66. The Kier molecular flexibility index (Phi) is 8.04. The molecule has 9 heteroatoms. The van der Waals surface area contributed by atoms with Gasteiger partial charge in [0.1, 0.15) is 17.1 Å². The SMILES string of the molecule is CO[C@@H]1CC[C@H](Oc2ccc3c(O)c(NC(=O)c4ccc(O)c(CC=C(C)C)c4)c(=O)oc3c2C)OC1(C)C. The summed E-state index contributed by atoms with van der Waals surface area (Å²) in [6.45, 7) is 9.48. The molecule has 39 heavy (non-hydrogen) atoms. The Morgan fingerprint density at radius 1 is 1.18 bits per heavy atom. The van der Waals surface area contributed by atoms with Gasteiger partial charge in [0, 0.05) is 24.7 Å². The molecule has 0 aliphatic carbocycles. The van der Waals surface area contributed by atoms with E-state index in [9.17, 15) is 19.8 Å². The van der Waals surface area contributed by atoms with E-state index in [-0.39, 0.29) is 34.1 Å². The van der Waals surface area contributed by atoms with Gasteiger partial charge < -0.3 is 34.2 Å². The van der Waals surface area contributed by atoms with Gasteiger partial charge in [0.25, 0.3) is 5.91 Å². The van der Waals surface area contributed by atoms with Crippen LogP contribution in [0.2, 0.25) is 0 Å². The molecule has 0 saturated carbocycles. The summed E-state index contributed by atoms with van der Waals surface area (Å²) in [6.07, 6.45) is 3.18. The first-order valence-corrected chi connectivity index (χ1v) is 12.8. The van der Waals surface area contributed by atoms with E-state index in [2.05, 4.69) is 5.32 Å². The Bertz CT molecular complexity index is 1480. The summed E-state index contributed by atoms with van der Waals surface area (Å²) < 4.78 is 23.2. The van der Waals surface area contributed by atoms with E-state index < -0.39 is 29.2 Å². The highest BCUT2D eigenvalue weighted by atomic mass is 16.7. The predicted molar refractivity (Wildman–Crippen MR) is 148 cm³/mol. The lowest BCUT2D eigenvalue weighted by Crippen LogP contribution is -2.49. The van der Waals surface area contributed by atoms with Crippen molar-refractivity contribution in [3.63, 3.8) is 0 Å². The molecule has 2 aromatic carbocycles. The summed E-state index contributed by atoms with van der Waals surface area (Å²) in [4.78, 5) is 25.8. The number of amides is 1. The molecule has 1 amide bonds. The minimum atomic E-state index is -0.907. The third-order valence-corrected chi connectivity index (χ3v) is 6.98. The second-order valence-corrected chi connectivity index (χ2v) is 10.5. The van der Waals surface area contributed by atoms with Crippen molar-refractivity contribution in [1.82, 2.24) is 0 Å². The zero-order chi connectivity index (χ0) is 28.5. The summed E-state index contributed by atoms with van der Waals surface area (Å²) >= 11 is 0. The molecule has 1 aliphatic heterocycles. The first-order chi connectivity index (χ1) is 18.4. The monoisotopic (exact) mass is 537 g/mol. The zero-order valence-corrected chi connectivity index (χ0v) is 23.1. The maximum atomic E-state index is 13.0. The number of benzene rings is 2. The van der Waals surface area contributed by atoms with Crippen LogP contribution in [-0.2, 0) is 15.9 Å². The summed E-state index contributed by atoms with van der Waals surface area (Å²) in [5.74, 6) is -0.526. The van der Waals surface area contributed by atoms with Crippen LogP contribution in [0.4, 0.5) is 5.69 Å². The molecule has 208 valence electrons. The molecule has 0 spiro atoms. The van der Waals surface area contributed by atoms with E-state index >= 15 is 0 Å². The maximum absolute atomic E-state index is 13.0. The van der Waals surface area contributed by atoms with Crippen LogP contribution >= 0.6 is 0 Å². The number of hydrogen-bond acceptors (Lipinski definition) is 8. The summed E-state index contributed by atoms with van der Waals surface area (Å²) in [5.41, 5.74) is 0.686. The molecule has 3 N–H and O–H groups in total. The number of fused-ring (bicyclic) bond motifs is 1. The molecule has 4 rings (SSSR count). The van der Waals surface area contributed by atoms with Gasteiger partial charge in [-0.3, -0.25) is 4.79 Å². The second kappa shape index (κ2) is 11.1. The van der Waals surface area contributed by atoms with Crippen molar-refractivity contribution in [2.45, 2.75) is 71.9 Å². The van der Waals surface area contributed by atoms with E-state index in [1.165, 1.54) is 12.1 Å². The van der Waals surface area contributed by atoms with Crippen molar-refractivity contribution in [2.75, 3.05) is 12.4 Å².